The molecule has 3 heteroatoms. The molecule has 0 bridgehead atoms. The lowest BCUT2D eigenvalue weighted by atomic mass is 10.1. The minimum atomic E-state index is 0.383. The van der Waals surface area contributed by atoms with Gasteiger partial charge in [-0.15, -0.1) is 0 Å². The van der Waals surface area contributed by atoms with E-state index in [0.29, 0.717) is 6.04 Å². The van der Waals surface area contributed by atoms with Gasteiger partial charge in [-0.2, -0.15) is 12.6 Å². The van der Waals surface area contributed by atoms with Crippen molar-refractivity contribution in [3.63, 3.8) is 0 Å². The van der Waals surface area contributed by atoms with Crippen molar-refractivity contribution in [3.8, 4) is 0 Å². The maximum atomic E-state index is 6.28. The van der Waals surface area contributed by atoms with Gasteiger partial charge in [0.25, 0.3) is 0 Å². The summed E-state index contributed by atoms with van der Waals surface area (Å²) in [6.07, 6.45) is 9.32. The second-order valence-corrected chi connectivity index (χ2v) is 6.73. The molecule has 0 N–H and O–H groups in total. The first kappa shape index (κ1) is 18.9. The normalized spacial score (nSPS) is 12.8. The third-order valence-electron chi connectivity index (χ3n) is 4.19. The van der Waals surface area contributed by atoms with E-state index in [1.807, 2.05) is 12.1 Å². The fraction of sp³-hybridized carbons (Fsp3) is 0.667. The van der Waals surface area contributed by atoms with Crippen molar-refractivity contribution in [1.82, 2.24) is 4.90 Å². The first-order valence-corrected chi connectivity index (χ1v) is 9.23. The Kier molecular flexibility index (Phi) is 10.2. The molecule has 1 rings (SSSR count). The van der Waals surface area contributed by atoms with Crippen molar-refractivity contribution >= 4 is 24.2 Å². The highest BCUT2D eigenvalue weighted by Crippen LogP contribution is 2.26. The number of unbranched alkanes of at least 4 members (excludes halogenated alkanes) is 6. The highest BCUT2D eigenvalue weighted by Gasteiger charge is 2.13. The lowest BCUT2D eigenvalue weighted by molar-refractivity contribution is 0.255. The number of hydrogen-bond acceptors (Lipinski definition) is 2. The molecule has 0 aliphatic carbocycles. The average Bonchev–Trinajstić information content (AvgIpc) is 2.49. The van der Waals surface area contributed by atoms with Gasteiger partial charge in [0.15, 0.2) is 0 Å². The van der Waals surface area contributed by atoms with Gasteiger partial charge in [-0.1, -0.05) is 61.9 Å². The van der Waals surface area contributed by atoms with E-state index in [4.69, 9.17) is 11.6 Å². The first-order chi connectivity index (χ1) is 10.2. The zero-order valence-corrected chi connectivity index (χ0v) is 15.2. The Labute approximate surface area is 141 Å². The second kappa shape index (κ2) is 11.4. The predicted molar refractivity (Wildman–Crippen MR) is 98.7 cm³/mol. The van der Waals surface area contributed by atoms with E-state index in [-0.39, 0.29) is 0 Å². The summed E-state index contributed by atoms with van der Waals surface area (Å²) in [6, 6.07) is 8.55. The van der Waals surface area contributed by atoms with Gasteiger partial charge >= 0.3 is 0 Å². The molecule has 0 aliphatic rings. The van der Waals surface area contributed by atoms with Gasteiger partial charge < -0.3 is 0 Å². The average molecular weight is 328 g/mol. The fourth-order valence-corrected chi connectivity index (χ4v) is 3.12. The van der Waals surface area contributed by atoms with Crippen LogP contribution >= 0.6 is 24.2 Å². The molecule has 0 spiro atoms. The van der Waals surface area contributed by atoms with Crippen molar-refractivity contribution in [1.29, 1.82) is 0 Å². The van der Waals surface area contributed by atoms with Crippen LogP contribution in [-0.2, 0) is 0 Å². The molecule has 0 saturated carbocycles. The smallest absolute Gasteiger partial charge is 0.0453 e. The van der Waals surface area contributed by atoms with Gasteiger partial charge in [0.1, 0.15) is 0 Å². The van der Waals surface area contributed by atoms with E-state index in [0.717, 1.165) is 17.3 Å². The summed E-state index contributed by atoms with van der Waals surface area (Å²) in [5.74, 6) is 1.03. The second-order valence-electron chi connectivity index (χ2n) is 5.88. The minimum absolute atomic E-state index is 0.383. The van der Waals surface area contributed by atoms with Crippen LogP contribution in [0.3, 0.4) is 0 Å². The molecule has 0 aliphatic heterocycles. The van der Waals surface area contributed by atoms with Gasteiger partial charge in [0.05, 0.1) is 0 Å². The maximum Gasteiger partial charge on any atom is 0.0453 e. The van der Waals surface area contributed by atoms with Crippen LogP contribution in [-0.4, -0.2) is 24.2 Å². The van der Waals surface area contributed by atoms with E-state index in [9.17, 15) is 0 Å². The molecule has 120 valence electrons. The first-order valence-electron chi connectivity index (χ1n) is 8.22. The van der Waals surface area contributed by atoms with E-state index in [2.05, 4.69) is 43.6 Å². The van der Waals surface area contributed by atoms with Crippen molar-refractivity contribution in [3.05, 3.63) is 34.9 Å². The van der Waals surface area contributed by atoms with Crippen LogP contribution in [0.15, 0.2) is 24.3 Å². The molecule has 0 saturated heterocycles. The van der Waals surface area contributed by atoms with Gasteiger partial charge in [-0.25, -0.2) is 0 Å². The molecule has 21 heavy (non-hydrogen) atoms. The molecule has 0 heterocycles. The summed E-state index contributed by atoms with van der Waals surface area (Å²) in [4.78, 5) is 2.40. The number of thiol groups is 1. The van der Waals surface area contributed by atoms with Crippen molar-refractivity contribution in [2.24, 2.45) is 0 Å². The molecule has 1 aromatic rings. The van der Waals surface area contributed by atoms with Crippen molar-refractivity contribution in [2.75, 3.05) is 19.3 Å². The molecule has 0 fully saturated rings. The largest absolute Gasteiger partial charge is 0.300 e. The molecular formula is C18H30ClNS. The number of benzene rings is 1. The highest BCUT2D eigenvalue weighted by atomic mass is 35.5. The van der Waals surface area contributed by atoms with Crippen LogP contribution < -0.4 is 0 Å². The standard InChI is InChI=1S/C18H30ClNS/c1-16(17-12-8-9-13-18(17)19)20(2)14-10-6-4-3-5-7-11-15-21/h8-9,12-13,16,21H,3-7,10-11,14-15H2,1-2H3. The van der Waals surface area contributed by atoms with Crippen molar-refractivity contribution in [2.45, 2.75) is 57.9 Å². The Morgan fingerprint density at radius 2 is 1.57 bits per heavy atom. The number of rotatable bonds is 11. The lowest BCUT2D eigenvalue weighted by Crippen LogP contribution is -2.23. The Hall–Kier alpha value is -0.180. The summed E-state index contributed by atoms with van der Waals surface area (Å²) in [5.41, 5.74) is 1.23. The summed E-state index contributed by atoms with van der Waals surface area (Å²) >= 11 is 10.5. The topological polar surface area (TPSA) is 3.24 Å². The van der Waals surface area contributed by atoms with Crippen LogP contribution in [0.1, 0.15) is 63.5 Å². The number of hydrogen-bond donors (Lipinski definition) is 1. The lowest BCUT2D eigenvalue weighted by Gasteiger charge is -2.25. The molecule has 1 atom stereocenters. The summed E-state index contributed by atoms with van der Waals surface area (Å²) in [7, 11) is 2.20. The van der Waals surface area contributed by atoms with Crippen LogP contribution in [0.2, 0.25) is 5.02 Å². The molecule has 0 aromatic heterocycles. The summed E-state index contributed by atoms with van der Waals surface area (Å²) < 4.78 is 0. The van der Waals surface area contributed by atoms with Gasteiger partial charge in [-0.3, -0.25) is 4.90 Å². The van der Waals surface area contributed by atoms with E-state index < -0.39 is 0 Å². The van der Waals surface area contributed by atoms with Crippen LogP contribution in [0.5, 0.6) is 0 Å². The summed E-state index contributed by atoms with van der Waals surface area (Å²) in [5, 5.41) is 0.876. The van der Waals surface area contributed by atoms with Gasteiger partial charge in [-0.05, 0) is 50.7 Å². The van der Waals surface area contributed by atoms with Crippen LogP contribution in [0.25, 0.3) is 0 Å². The SMILES string of the molecule is CC(c1ccccc1Cl)N(C)CCCCCCCCCS. The van der Waals surface area contributed by atoms with E-state index in [1.165, 1.54) is 50.5 Å². The Morgan fingerprint density at radius 1 is 1.00 bits per heavy atom. The zero-order valence-electron chi connectivity index (χ0n) is 13.5. The predicted octanol–water partition coefficient (Wildman–Crippen LogP) is 5.99. The quantitative estimate of drug-likeness (QED) is 0.385. The molecule has 0 amide bonds. The minimum Gasteiger partial charge on any atom is -0.300 e. The third-order valence-corrected chi connectivity index (χ3v) is 4.85. The molecular weight excluding hydrogens is 298 g/mol. The van der Waals surface area contributed by atoms with Crippen LogP contribution in [0, 0.1) is 0 Å². The van der Waals surface area contributed by atoms with E-state index in [1.54, 1.807) is 0 Å². The molecule has 1 aromatic carbocycles. The third kappa shape index (κ3) is 7.58. The maximum absolute atomic E-state index is 6.28. The van der Waals surface area contributed by atoms with Gasteiger partial charge in [0.2, 0.25) is 0 Å². The zero-order chi connectivity index (χ0) is 15.5. The number of halogens is 1. The Balaban J connectivity index is 2.16. The van der Waals surface area contributed by atoms with Crippen LogP contribution in [0.4, 0.5) is 0 Å². The fourth-order valence-electron chi connectivity index (χ4n) is 2.60. The Bertz CT molecular complexity index is 383. The number of nitrogens with zero attached hydrogens (tertiary/aromatic N) is 1. The highest BCUT2D eigenvalue weighted by molar-refractivity contribution is 7.80. The van der Waals surface area contributed by atoms with Gasteiger partial charge in [0, 0.05) is 11.1 Å². The van der Waals surface area contributed by atoms with E-state index >= 15 is 0 Å². The van der Waals surface area contributed by atoms with Crippen molar-refractivity contribution < 1.29 is 0 Å². The summed E-state index contributed by atoms with van der Waals surface area (Å²) in [6.45, 7) is 3.38. The molecule has 1 nitrogen and oxygen atoms in total. The Morgan fingerprint density at radius 3 is 2.19 bits per heavy atom. The monoisotopic (exact) mass is 327 g/mol. The molecule has 1 unspecified atom stereocenters. The molecule has 0 radical (unpaired) electrons.